The van der Waals surface area contributed by atoms with Gasteiger partial charge < -0.3 is 9.64 Å². The van der Waals surface area contributed by atoms with Crippen LogP contribution in [0.4, 0.5) is 5.82 Å². The van der Waals surface area contributed by atoms with Crippen LogP contribution in [0.15, 0.2) is 24.4 Å². The predicted octanol–water partition coefficient (Wildman–Crippen LogP) is 2.01. The van der Waals surface area contributed by atoms with Gasteiger partial charge >= 0.3 is 0 Å². The minimum Gasteiger partial charge on any atom is -0.383 e. The van der Waals surface area contributed by atoms with Crippen LogP contribution in [0.1, 0.15) is 24.3 Å². The number of likely N-dealkylation sites (N-methyl/N-ethyl adjacent to an activating group) is 1. The Morgan fingerprint density at radius 2 is 2.32 bits per heavy atom. The van der Waals surface area contributed by atoms with E-state index in [0.29, 0.717) is 18.1 Å². The molecule has 0 amide bonds. The number of rotatable bonds is 6. The van der Waals surface area contributed by atoms with Crippen LogP contribution in [0.3, 0.4) is 0 Å². The Kier molecular flexibility index (Phi) is 4.16. The van der Waals surface area contributed by atoms with E-state index in [1.165, 1.54) is 0 Å². The van der Waals surface area contributed by atoms with Crippen molar-refractivity contribution in [3.63, 3.8) is 0 Å². The molecule has 2 aromatic heterocycles. The summed E-state index contributed by atoms with van der Waals surface area (Å²) in [6, 6.07) is 5.86. The molecular weight excluding hydrogens is 242 g/mol. The summed E-state index contributed by atoms with van der Waals surface area (Å²) in [6.07, 6.45) is 2.71. The zero-order chi connectivity index (χ0) is 13.8. The van der Waals surface area contributed by atoms with Gasteiger partial charge in [-0.25, -0.2) is 4.98 Å². The van der Waals surface area contributed by atoms with Gasteiger partial charge in [0, 0.05) is 19.9 Å². The molecule has 0 radical (unpaired) electrons. The normalized spacial score (nSPS) is 12.6. The van der Waals surface area contributed by atoms with Gasteiger partial charge in [0.05, 0.1) is 12.6 Å². The molecule has 0 aliphatic rings. The molecule has 2 rings (SSSR count). The zero-order valence-electron chi connectivity index (χ0n) is 11.5. The number of ether oxygens (including phenoxy) is 1. The average molecular weight is 261 g/mol. The Morgan fingerprint density at radius 3 is 2.95 bits per heavy atom. The van der Waals surface area contributed by atoms with Crippen LogP contribution in [0.25, 0.3) is 5.65 Å². The van der Waals surface area contributed by atoms with Gasteiger partial charge in [-0.3, -0.25) is 9.20 Å². The van der Waals surface area contributed by atoms with Gasteiger partial charge in [-0.2, -0.15) is 0 Å². The summed E-state index contributed by atoms with van der Waals surface area (Å²) in [6.45, 7) is 5.48. The van der Waals surface area contributed by atoms with Gasteiger partial charge in [0.2, 0.25) is 0 Å². The van der Waals surface area contributed by atoms with Crippen LogP contribution in [0.2, 0.25) is 0 Å². The number of aromatic nitrogens is 2. The molecule has 0 bridgehead atoms. The largest absolute Gasteiger partial charge is 0.383 e. The Morgan fingerprint density at radius 1 is 1.53 bits per heavy atom. The van der Waals surface area contributed by atoms with Crippen molar-refractivity contribution >= 4 is 17.8 Å². The molecule has 2 aromatic rings. The maximum absolute atomic E-state index is 11.4. The predicted molar refractivity (Wildman–Crippen MR) is 74.9 cm³/mol. The Hall–Kier alpha value is -1.88. The fourth-order valence-corrected chi connectivity index (χ4v) is 2.32. The van der Waals surface area contributed by atoms with Gasteiger partial charge in [0.1, 0.15) is 11.3 Å². The summed E-state index contributed by atoms with van der Waals surface area (Å²) in [4.78, 5) is 18.0. The molecule has 0 aliphatic heterocycles. The summed E-state index contributed by atoms with van der Waals surface area (Å²) in [5.74, 6) is 0.716. The molecule has 0 spiro atoms. The fourth-order valence-electron chi connectivity index (χ4n) is 2.32. The number of methoxy groups -OCH3 is 1. The Bertz CT molecular complexity index is 565. The molecule has 0 N–H and O–H groups in total. The molecule has 5 heteroatoms. The maximum Gasteiger partial charge on any atom is 0.170 e. The van der Waals surface area contributed by atoms with Crippen LogP contribution >= 0.6 is 0 Å². The lowest BCUT2D eigenvalue weighted by molar-refractivity contribution is 0.111. The van der Waals surface area contributed by atoms with E-state index in [1.54, 1.807) is 7.11 Å². The van der Waals surface area contributed by atoms with Gasteiger partial charge in [-0.15, -0.1) is 0 Å². The number of imidazole rings is 1. The molecule has 19 heavy (non-hydrogen) atoms. The van der Waals surface area contributed by atoms with E-state index in [0.717, 1.165) is 18.5 Å². The molecule has 1 atom stereocenters. The van der Waals surface area contributed by atoms with Gasteiger partial charge in [0.15, 0.2) is 12.1 Å². The van der Waals surface area contributed by atoms with Crippen molar-refractivity contribution in [2.24, 2.45) is 0 Å². The second kappa shape index (κ2) is 5.84. The molecule has 0 saturated carbocycles. The molecule has 0 fully saturated rings. The number of aldehydes is 1. The highest BCUT2D eigenvalue weighted by molar-refractivity contribution is 5.83. The first-order valence-electron chi connectivity index (χ1n) is 6.40. The van der Waals surface area contributed by atoms with Crippen LogP contribution in [-0.2, 0) is 4.74 Å². The third-order valence-electron chi connectivity index (χ3n) is 3.21. The first-order valence-corrected chi connectivity index (χ1v) is 6.40. The van der Waals surface area contributed by atoms with E-state index in [1.807, 2.05) is 35.7 Å². The van der Waals surface area contributed by atoms with Crippen molar-refractivity contribution in [2.45, 2.75) is 19.9 Å². The van der Waals surface area contributed by atoms with E-state index >= 15 is 0 Å². The van der Waals surface area contributed by atoms with Crippen molar-refractivity contribution in [2.75, 3.05) is 25.2 Å². The van der Waals surface area contributed by atoms with Gasteiger partial charge in [0.25, 0.3) is 0 Å². The third kappa shape index (κ3) is 2.46. The third-order valence-corrected chi connectivity index (χ3v) is 3.21. The fraction of sp³-hybridized carbons (Fsp3) is 0.429. The quantitative estimate of drug-likeness (QED) is 0.746. The lowest BCUT2D eigenvalue weighted by atomic mass is 10.3. The van der Waals surface area contributed by atoms with E-state index in [-0.39, 0.29) is 6.04 Å². The minimum absolute atomic E-state index is 0.165. The van der Waals surface area contributed by atoms with E-state index in [4.69, 9.17) is 4.74 Å². The van der Waals surface area contributed by atoms with Crippen molar-refractivity contribution in [1.29, 1.82) is 0 Å². The number of anilines is 1. The van der Waals surface area contributed by atoms with E-state index in [9.17, 15) is 4.79 Å². The SMILES string of the molecule is CCN(c1nc2ccccn2c1C=O)C(C)COC. The number of fused-ring (bicyclic) bond motifs is 1. The highest BCUT2D eigenvalue weighted by Crippen LogP contribution is 2.22. The maximum atomic E-state index is 11.4. The number of hydrogen-bond donors (Lipinski definition) is 0. The number of hydrogen-bond acceptors (Lipinski definition) is 4. The summed E-state index contributed by atoms with van der Waals surface area (Å²) in [5.41, 5.74) is 1.36. The van der Waals surface area contributed by atoms with Crippen LogP contribution in [0, 0.1) is 0 Å². The van der Waals surface area contributed by atoms with Crippen molar-refractivity contribution in [3.05, 3.63) is 30.1 Å². The monoisotopic (exact) mass is 261 g/mol. The number of pyridine rings is 1. The molecule has 0 aromatic carbocycles. The van der Waals surface area contributed by atoms with E-state index in [2.05, 4.69) is 16.8 Å². The number of carbonyl (C=O) groups is 1. The summed E-state index contributed by atoms with van der Waals surface area (Å²) in [7, 11) is 1.68. The molecule has 102 valence electrons. The molecule has 1 unspecified atom stereocenters. The van der Waals surface area contributed by atoms with Crippen LogP contribution in [-0.4, -0.2) is 42.0 Å². The van der Waals surface area contributed by atoms with Crippen LogP contribution < -0.4 is 4.90 Å². The van der Waals surface area contributed by atoms with Gasteiger partial charge in [-0.05, 0) is 26.0 Å². The van der Waals surface area contributed by atoms with Crippen molar-refractivity contribution < 1.29 is 9.53 Å². The standard InChI is InChI=1S/C14H19N3O2/c1-4-16(11(2)10-19-3)14-12(9-18)17-8-6-5-7-13(17)15-14/h5-9,11H,4,10H2,1-3H3. The van der Waals surface area contributed by atoms with Crippen molar-refractivity contribution in [1.82, 2.24) is 9.38 Å². The second-order valence-electron chi connectivity index (χ2n) is 4.46. The summed E-state index contributed by atoms with van der Waals surface area (Å²) in [5, 5.41) is 0. The Labute approximate surface area is 112 Å². The summed E-state index contributed by atoms with van der Waals surface area (Å²) < 4.78 is 7.00. The molecular formula is C14H19N3O2. The minimum atomic E-state index is 0.165. The average Bonchev–Trinajstić information content (AvgIpc) is 2.78. The number of carbonyl (C=O) groups excluding carboxylic acids is 1. The lowest BCUT2D eigenvalue weighted by Gasteiger charge is -2.27. The highest BCUT2D eigenvalue weighted by Gasteiger charge is 2.20. The zero-order valence-corrected chi connectivity index (χ0v) is 11.5. The van der Waals surface area contributed by atoms with Gasteiger partial charge in [-0.1, -0.05) is 6.07 Å². The first-order chi connectivity index (χ1) is 9.22. The molecule has 0 saturated heterocycles. The first kappa shape index (κ1) is 13.5. The topological polar surface area (TPSA) is 46.8 Å². The highest BCUT2D eigenvalue weighted by atomic mass is 16.5. The van der Waals surface area contributed by atoms with E-state index < -0.39 is 0 Å². The molecule has 2 heterocycles. The van der Waals surface area contributed by atoms with Crippen molar-refractivity contribution in [3.8, 4) is 0 Å². The van der Waals surface area contributed by atoms with Crippen LogP contribution in [0.5, 0.6) is 0 Å². The number of nitrogens with zero attached hydrogens (tertiary/aromatic N) is 3. The molecule has 5 nitrogen and oxygen atoms in total. The Balaban J connectivity index is 2.50. The lowest BCUT2D eigenvalue weighted by Crippen LogP contribution is -2.37. The second-order valence-corrected chi connectivity index (χ2v) is 4.46. The molecule has 0 aliphatic carbocycles. The summed E-state index contributed by atoms with van der Waals surface area (Å²) >= 11 is 0. The smallest absolute Gasteiger partial charge is 0.170 e.